The summed E-state index contributed by atoms with van der Waals surface area (Å²) in [5, 5.41) is 2.82. The van der Waals surface area contributed by atoms with Gasteiger partial charge in [0, 0.05) is 18.2 Å². The van der Waals surface area contributed by atoms with Crippen LogP contribution in [0, 0.1) is 0 Å². The van der Waals surface area contributed by atoms with Crippen molar-refractivity contribution in [1.82, 2.24) is 10.2 Å². The van der Waals surface area contributed by atoms with Crippen LogP contribution >= 0.6 is 0 Å². The van der Waals surface area contributed by atoms with E-state index < -0.39 is 0 Å². The van der Waals surface area contributed by atoms with Crippen LogP contribution in [0.1, 0.15) is 42.1 Å². The molecule has 0 aromatic heterocycles. The largest absolute Gasteiger partial charge is 0.493 e. The molecule has 1 fully saturated rings. The predicted molar refractivity (Wildman–Crippen MR) is 123 cm³/mol. The monoisotopic (exact) mass is 438 g/mol. The van der Waals surface area contributed by atoms with Crippen molar-refractivity contribution in [2.75, 3.05) is 27.9 Å². The number of rotatable bonds is 7. The van der Waals surface area contributed by atoms with Crippen molar-refractivity contribution in [3.8, 4) is 17.2 Å². The Balaban J connectivity index is 2.02. The Bertz CT molecular complexity index is 962. The van der Waals surface area contributed by atoms with Gasteiger partial charge in [-0.05, 0) is 62.1 Å². The molecule has 1 saturated heterocycles. The van der Waals surface area contributed by atoms with Crippen LogP contribution in [0.2, 0.25) is 0 Å². The molecule has 32 heavy (non-hydrogen) atoms. The first-order valence-electron chi connectivity index (χ1n) is 10.7. The number of nitrogens with zero attached hydrogens (tertiary/aromatic N) is 1. The average Bonchev–Trinajstić information content (AvgIpc) is 2.83. The van der Waals surface area contributed by atoms with Crippen LogP contribution in [0.5, 0.6) is 17.2 Å². The number of carbonyl (C=O) groups is 2. The summed E-state index contributed by atoms with van der Waals surface area (Å²) in [7, 11) is 4.59. The molecule has 0 aliphatic carbocycles. The molecule has 1 aliphatic rings. The average molecular weight is 439 g/mol. The third kappa shape index (κ3) is 5.22. The SMILES string of the molecule is COc1cc(C=C(NC(=O)c2ccccc2)C(=O)N2CCCCC2C)cc(OC)c1OC. The Kier molecular flexibility index (Phi) is 7.76. The van der Waals surface area contributed by atoms with E-state index in [1.165, 1.54) is 21.3 Å². The van der Waals surface area contributed by atoms with E-state index in [2.05, 4.69) is 5.32 Å². The zero-order valence-corrected chi connectivity index (χ0v) is 19.0. The molecule has 2 aromatic rings. The van der Waals surface area contributed by atoms with Crippen LogP contribution in [0.3, 0.4) is 0 Å². The number of nitrogens with one attached hydrogen (secondary N) is 1. The van der Waals surface area contributed by atoms with E-state index in [9.17, 15) is 9.59 Å². The summed E-state index contributed by atoms with van der Waals surface area (Å²) in [5.74, 6) is 0.826. The van der Waals surface area contributed by atoms with Crippen LogP contribution in [0.25, 0.3) is 6.08 Å². The fourth-order valence-electron chi connectivity index (χ4n) is 3.84. The van der Waals surface area contributed by atoms with Crippen LogP contribution < -0.4 is 19.5 Å². The minimum absolute atomic E-state index is 0.105. The second-order valence-electron chi connectivity index (χ2n) is 7.68. The Labute approximate surface area is 189 Å². The van der Waals surface area contributed by atoms with E-state index in [0.717, 1.165) is 19.3 Å². The van der Waals surface area contributed by atoms with Gasteiger partial charge < -0.3 is 24.4 Å². The molecule has 0 saturated carbocycles. The van der Waals surface area contributed by atoms with Gasteiger partial charge in [0.05, 0.1) is 21.3 Å². The smallest absolute Gasteiger partial charge is 0.270 e. The maximum Gasteiger partial charge on any atom is 0.270 e. The van der Waals surface area contributed by atoms with Crippen molar-refractivity contribution in [3.63, 3.8) is 0 Å². The first-order chi connectivity index (χ1) is 15.5. The highest BCUT2D eigenvalue weighted by Crippen LogP contribution is 2.38. The van der Waals surface area contributed by atoms with Crippen LogP contribution in [0.4, 0.5) is 0 Å². The van der Waals surface area contributed by atoms with Crippen molar-refractivity contribution in [2.24, 2.45) is 0 Å². The van der Waals surface area contributed by atoms with Crippen molar-refractivity contribution < 1.29 is 23.8 Å². The van der Waals surface area contributed by atoms with Crippen molar-refractivity contribution in [3.05, 3.63) is 59.3 Å². The lowest BCUT2D eigenvalue weighted by molar-refractivity contribution is -0.130. The van der Waals surface area contributed by atoms with Gasteiger partial charge in [0.2, 0.25) is 5.75 Å². The van der Waals surface area contributed by atoms with Crippen molar-refractivity contribution >= 4 is 17.9 Å². The highest BCUT2D eigenvalue weighted by atomic mass is 16.5. The van der Waals surface area contributed by atoms with Gasteiger partial charge in [-0.2, -0.15) is 0 Å². The maximum atomic E-state index is 13.5. The minimum Gasteiger partial charge on any atom is -0.493 e. The molecule has 7 heteroatoms. The number of amides is 2. The van der Waals surface area contributed by atoms with E-state index in [1.54, 1.807) is 42.5 Å². The summed E-state index contributed by atoms with van der Waals surface area (Å²) in [6.07, 6.45) is 4.62. The van der Waals surface area contributed by atoms with E-state index in [0.29, 0.717) is 34.9 Å². The summed E-state index contributed by atoms with van der Waals surface area (Å²) in [4.78, 5) is 28.2. The molecule has 1 aliphatic heterocycles. The number of likely N-dealkylation sites (tertiary alicyclic amines) is 1. The Hall–Kier alpha value is -3.48. The lowest BCUT2D eigenvalue weighted by Crippen LogP contribution is -2.45. The van der Waals surface area contributed by atoms with Crippen LogP contribution in [-0.4, -0.2) is 50.6 Å². The molecule has 2 aromatic carbocycles. The fraction of sp³-hybridized carbons (Fsp3) is 0.360. The number of ether oxygens (including phenoxy) is 3. The minimum atomic E-state index is -0.345. The number of carbonyl (C=O) groups excluding carboxylic acids is 2. The Morgan fingerprint density at radius 2 is 1.66 bits per heavy atom. The zero-order valence-electron chi connectivity index (χ0n) is 19.0. The quantitative estimate of drug-likeness (QED) is 0.664. The normalized spacial score (nSPS) is 16.3. The molecule has 170 valence electrons. The predicted octanol–water partition coefficient (Wildman–Crippen LogP) is 3.88. The van der Waals surface area contributed by atoms with Gasteiger partial charge in [0.1, 0.15) is 5.70 Å². The maximum absolute atomic E-state index is 13.5. The molecule has 1 N–H and O–H groups in total. The number of hydrogen-bond donors (Lipinski definition) is 1. The summed E-state index contributed by atoms with van der Waals surface area (Å²) < 4.78 is 16.2. The second kappa shape index (κ2) is 10.7. The topological polar surface area (TPSA) is 77.1 Å². The van der Waals surface area contributed by atoms with Crippen molar-refractivity contribution in [1.29, 1.82) is 0 Å². The summed E-state index contributed by atoms with van der Waals surface area (Å²) in [5.41, 5.74) is 1.31. The highest BCUT2D eigenvalue weighted by Gasteiger charge is 2.27. The molecule has 0 bridgehead atoms. The van der Waals surface area contributed by atoms with E-state index in [4.69, 9.17) is 14.2 Å². The third-order valence-corrected chi connectivity index (χ3v) is 5.58. The fourth-order valence-corrected chi connectivity index (χ4v) is 3.84. The number of hydrogen-bond acceptors (Lipinski definition) is 5. The molecule has 3 rings (SSSR count). The first kappa shape index (κ1) is 23.2. The third-order valence-electron chi connectivity index (χ3n) is 5.58. The van der Waals surface area contributed by atoms with E-state index >= 15 is 0 Å². The summed E-state index contributed by atoms with van der Waals surface area (Å²) in [6, 6.07) is 12.4. The molecule has 1 atom stereocenters. The molecule has 1 heterocycles. The molecule has 1 unspecified atom stereocenters. The van der Waals surface area contributed by atoms with Gasteiger partial charge in [0.25, 0.3) is 11.8 Å². The Morgan fingerprint density at radius 1 is 1.00 bits per heavy atom. The van der Waals surface area contributed by atoms with E-state index in [1.807, 2.05) is 17.9 Å². The van der Waals surface area contributed by atoms with Gasteiger partial charge in [-0.15, -0.1) is 0 Å². The van der Waals surface area contributed by atoms with Crippen LogP contribution in [0.15, 0.2) is 48.2 Å². The number of piperidine rings is 1. The first-order valence-corrected chi connectivity index (χ1v) is 10.7. The van der Waals surface area contributed by atoms with Gasteiger partial charge in [-0.25, -0.2) is 0 Å². The lowest BCUT2D eigenvalue weighted by Gasteiger charge is -2.34. The van der Waals surface area contributed by atoms with Gasteiger partial charge in [-0.1, -0.05) is 18.2 Å². The van der Waals surface area contributed by atoms with Gasteiger partial charge >= 0.3 is 0 Å². The van der Waals surface area contributed by atoms with Crippen LogP contribution in [-0.2, 0) is 4.79 Å². The molecule has 0 radical (unpaired) electrons. The Morgan fingerprint density at radius 3 is 2.22 bits per heavy atom. The van der Waals surface area contributed by atoms with Crippen molar-refractivity contribution in [2.45, 2.75) is 32.2 Å². The molecule has 7 nitrogen and oxygen atoms in total. The standard InChI is InChI=1S/C25H30N2O5/c1-17-10-8-9-13-27(17)25(29)20(26-24(28)19-11-6-5-7-12-19)14-18-15-21(30-2)23(32-4)22(16-18)31-3/h5-7,11-12,14-17H,8-10,13H2,1-4H3,(H,26,28). The number of benzene rings is 2. The summed E-state index contributed by atoms with van der Waals surface area (Å²) in [6.45, 7) is 2.70. The molecular formula is C25H30N2O5. The number of methoxy groups -OCH3 is 3. The molecule has 0 spiro atoms. The van der Waals surface area contributed by atoms with Gasteiger partial charge in [0.15, 0.2) is 11.5 Å². The second-order valence-corrected chi connectivity index (χ2v) is 7.68. The molecule has 2 amide bonds. The zero-order chi connectivity index (χ0) is 23.1. The van der Waals surface area contributed by atoms with Gasteiger partial charge in [-0.3, -0.25) is 9.59 Å². The summed E-state index contributed by atoms with van der Waals surface area (Å²) >= 11 is 0. The highest BCUT2D eigenvalue weighted by molar-refractivity contribution is 6.05. The lowest BCUT2D eigenvalue weighted by atomic mass is 10.0. The molecular weight excluding hydrogens is 408 g/mol. The van der Waals surface area contributed by atoms with E-state index in [-0.39, 0.29) is 23.6 Å².